The lowest BCUT2D eigenvalue weighted by Crippen LogP contribution is -2.67. The first-order valence-electron chi connectivity index (χ1n) is 10.3. The zero-order valence-electron chi connectivity index (χ0n) is 19.4. The van der Waals surface area contributed by atoms with Gasteiger partial charge in [-0.25, -0.2) is 4.79 Å². The molecule has 186 valence electrons. The van der Waals surface area contributed by atoms with Crippen LogP contribution in [0.3, 0.4) is 0 Å². The Labute approximate surface area is 195 Å². The number of rotatable bonds is 8. The molecule has 12 nitrogen and oxygen atoms in total. The van der Waals surface area contributed by atoms with Crippen molar-refractivity contribution in [2.75, 3.05) is 13.7 Å². The Balaban J connectivity index is 2.42. The molecule has 1 aromatic carbocycles. The maximum Gasteiger partial charge on any atom is 0.337 e. The summed E-state index contributed by atoms with van der Waals surface area (Å²) in [5.74, 6) is -2.84. The lowest BCUT2D eigenvalue weighted by atomic mass is 9.96. The van der Waals surface area contributed by atoms with E-state index < -0.39 is 60.4 Å². The molecule has 0 aromatic heterocycles. The van der Waals surface area contributed by atoms with Gasteiger partial charge >= 0.3 is 23.9 Å². The van der Waals surface area contributed by atoms with Gasteiger partial charge in [0.1, 0.15) is 24.5 Å². The number of nitrogens with one attached hydrogen (secondary N) is 1. The number of ether oxygens (including phenoxy) is 6. The van der Waals surface area contributed by atoms with Crippen LogP contribution in [0.4, 0.5) is 0 Å². The Bertz CT molecular complexity index is 914. The predicted octanol–water partition coefficient (Wildman–Crippen LogP) is 0.508. The molecule has 0 spiro atoms. The van der Waals surface area contributed by atoms with E-state index in [-0.39, 0.29) is 17.9 Å². The van der Waals surface area contributed by atoms with Crippen molar-refractivity contribution >= 4 is 29.8 Å². The molecule has 1 saturated heterocycles. The minimum Gasteiger partial charge on any atom is -0.465 e. The minimum absolute atomic E-state index is 0.242. The van der Waals surface area contributed by atoms with E-state index in [2.05, 4.69) is 10.1 Å². The number of hydrogen-bond donors (Lipinski definition) is 1. The number of carbonyl (C=O) groups is 5. The molecular weight excluding hydrogens is 454 g/mol. The van der Waals surface area contributed by atoms with Crippen molar-refractivity contribution in [1.29, 1.82) is 0 Å². The summed E-state index contributed by atoms with van der Waals surface area (Å²) in [4.78, 5) is 58.6. The molecule has 34 heavy (non-hydrogen) atoms. The smallest absolute Gasteiger partial charge is 0.337 e. The van der Waals surface area contributed by atoms with Gasteiger partial charge in [0.25, 0.3) is 0 Å². The molecule has 1 fully saturated rings. The van der Waals surface area contributed by atoms with Crippen LogP contribution in [0.1, 0.15) is 38.1 Å². The zero-order chi connectivity index (χ0) is 25.4. The third-order valence-electron chi connectivity index (χ3n) is 4.60. The number of esters is 4. The summed E-state index contributed by atoms with van der Waals surface area (Å²) >= 11 is 0. The third-order valence-corrected chi connectivity index (χ3v) is 4.60. The summed E-state index contributed by atoms with van der Waals surface area (Å²) in [6.07, 6.45) is -4.82. The van der Waals surface area contributed by atoms with E-state index >= 15 is 0 Å². The fourth-order valence-corrected chi connectivity index (χ4v) is 3.31. The number of amides is 1. The molecular formula is C22H27NO11. The second kappa shape index (κ2) is 12.0. The van der Waals surface area contributed by atoms with Crippen LogP contribution in [0.25, 0.3) is 0 Å². The SMILES string of the molecule is COC(=O)c1ccc(O[C@H]2O[C@@H](COC(C)=O)[C@@H](OC(C)=O)[C@H](OC(C)=O)[C@H]2NC(C)=O)cc1. The predicted molar refractivity (Wildman–Crippen MR) is 112 cm³/mol. The fourth-order valence-electron chi connectivity index (χ4n) is 3.31. The molecule has 1 heterocycles. The molecule has 0 saturated carbocycles. The average Bonchev–Trinajstić information content (AvgIpc) is 2.75. The Kier molecular flexibility index (Phi) is 9.36. The quantitative estimate of drug-likeness (QED) is 0.408. The van der Waals surface area contributed by atoms with Crippen molar-refractivity contribution in [3.63, 3.8) is 0 Å². The van der Waals surface area contributed by atoms with Crippen molar-refractivity contribution < 1.29 is 52.4 Å². The van der Waals surface area contributed by atoms with Crippen LogP contribution < -0.4 is 10.1 Å². The van der Waals surface area contributed by atoms with Gasteiger partial charge in [0.05, 0.1) is 12.7 Å². The first-order chi connectivity index (χ1) is 16.0. The summed E-state index contributed by atoms with van der Waals surface area (Å²) in [5.41, 5.74) is 0.276. The summed E-state index contributed by atoms with van der Waals surface area (Å²) in [5, 5.41) is 2.60. The average molecular weight is 481 g/mol. The topological polar surface area (TPSA) is 153 Å². The van der Waals surface area contributed by atoms with Gasteiger partial charge in [0.15, 0.2) is 12.2 Å². The van der Waals surface area contributed by atoms with Crippen molar-refractivity contribution in [2.24, 2.45) is 0 Å². The normalized spacial score (nSPS) is 23.7. The van der Waals surface area contributed by atoms with Crippen LogP contribution in [-0.4, -0.2) is 74.1 Å². The summed E-state index contributed by atoms with van der Waals surface area (Å²) in [6, 6.07) is 4.75. The highest BCUT2D eigenvalue weighted by Gasteiger charge is 2.51. The maximum atomic E-state index is 11.9. The van der Waals surface area contributed by atoms with Crippen molar-refractivity contribution in [2.45, 2.75) is 58.3 Å². The molecule has 5 atom stereocenters. The molecule has 1 N–H and O–H groups in total. The molecule has 12 heteroatoms. The number of methoxy groups -OCH3 is 1. The van der Waals surface area contributed by atoms with Gasteiger partial charge in [-0.3, -0.25) is 19.2 Å². The summed E-state index contributed by atoms with van der Waals surface area (Å²) in [6.45, 7) is 4.36. The minimum atomic E-state index is -1.26. The molecule has 0 aliphatic carbocycles. The van der Waals surface area contributed by atoms with E-state index in [1.807, 2.05) is 0 Å². The monoisotopic (exact) mass is 481 g/mol. The van der Waals surface area contributed by atoms with Gasteiger partial charge in [0, 0.05) is 27.7 Å². The molecule has 0 bridgehead atoms. The Morgan fingerprint density at radius 3 is 1.97 bits per heavy atom. The van der Waals surface area contributed by atoms with Gasteiger partial charge in [-0.2, -0.15) is 0 Å². The van der Waals surface area contributed by atoms with Gasteiger partial charge in [0.2, 0.25) is 12.2 Å². The molecule has 1 amide bonds. The first-order valence-corrected chi connectivity index (χ1v) is 10.3. The van der Waals surface area contributed by atoms with E-state index in [4.69, 9.17) is 23.7 Å². The van der Waals surface area contributed by atoms with Gasteiger partial charge in [-0.05, 0) is 24.3 Å². The Morgan fingerprint density at radius 1 is 0.882 bits per heavy atom. The Hall–Kier alpha value is -3.67. The van der Waals surface area contributed by atoms with E-state index in [1.54, 1.807) is 0 Å². The lowest BCUT2D eigenvalue weighted by molar-refractivity contribution is -0.257. The van der Waals surface area contributed by atoms with Crippen molar-refractivity contribution in [3.8, 4) is 5.75 Å². The number of hydrogen-bond acceptors (Lipinski definition) is 11. The van der Waals surface area contributed by atoms with Gasteiger partial charge in [-0.15, -0.1) is 0 Å². The van der Waals surface area contributed by atoms with Crippen LogP contribution in [0, 0.1) is 0 Å². The van der Waals surface area contributed by atoms with Crippen LogP contribution in [0.15, 0.2) is 24.3 Å². The van der Waals surface area contributed by atoms with Crippen LogP contribution >= 0.6 is 0 Å². The van der Waals surface area contributed by atoms with Crippen molar-refractivity contribution in [1.82, 2.24) is 5.32 Å². The summed E-state index contributed by atoms with van der Waals surface area (Å²) in [7, 11) is 1.25. The van der Waals surface area contributed by atoms with E-state index in [9.17, 15) is 24.0 Å². The molecule has 2 rings (SSSR count). The van der Waals surface area contributed by atoms with Crippen LogP contribution in [0.2, 0.25) is 0 Å². The maximum absolute atomic E-state index is 11.9. The number of benzene rings is 1. The van der Waals surface area contributed by atoms with Crippen LogP contribution in [-0.2, 0) is 42.9 Å². The number of carbonyl (C=O) groups excluding carboxylic acids is 5. The molecule has 0 unspecified atom stereocenters. The molecule has 1 aromatic rings. The highest BCUT2D eigenvalue weighted by molar-refractivity contribution is 5.89. The van der Waals surface area contributed by atoms with E-state index in [1.165, 1.54) is 45.2 Å². The highest BCUT2D eigenvalue weighted by atomic mass is 16.7. The summed E-state index contributed by atoms with van der Waals surface area (Å²) < 4.78 is 32.2. The first kappa shape index (κ1) is 26.6. The second-order valence-corrected chi connectivity index (χ2v) is 7.35. The van der Waals surface area contributed by atoms with E-state index in [0.717, 1.165) is 13.8 Å². The fraction of sp³-hybridized carbons (Fsp3) is 0.500. The van der Waals surface area contributed by atoms with Gasteiger partial charge < -0.3 is 33.7 Å². The zero-order valence-corrected chi connectivity index (χ0v) is 19.4. The highest BCUT2D eigenvalue weighted by Crippen LogP contribution is 2.29. The van der Waals surface area contributed by atoms with Gasteiger partial charge in [-0.1, -0.05) is 0 Å². The van der Waals surface area contributed by atoms with Crippen molar-refractivity contribution in [3.05, 3.63) is 29.8 Å². The van der Waals surface area contributed by atoms with Crippen LogP contribution in [0.5, 0.6) is 5.75 Å². The standard InChI is InChI=1S/C22H27NO11/c1-11(24)23-18-20(32-14(4)27)19(31-13(3)26)17(10-30-12(2)25)34-22(18)33-16-8-6-15(7-9-16)21(28)29-5/h6-9,17-20,22H,10H2,1-5H3,(H,23,24)/t17-,18+,19+,20+,22-/m0/s1. The molecule has 1 aliphatic rings. The third kappa shape index (κ3) is 7.44. The second-order valence-electron chi connectivity index (χ2n) is 7.35. The lowest BCUT2D eigenvalue weighted by Gasteiger charge is -2.44. The van der Waals surface area contributed by atoms with E-state index in [0.29, 0.717) is 0 Å². The largest absolute Gasteiger partial charge is 0.465 e. The Morgan fingerprint density at radius 2 is 1.47 bits per heavy atom. The molecule has 0 radical (unpaired) electrons. The molecule has 1 aliphatic heterocycles.